The van der Waals surface area contributed by atoms with Gasteiger partial charge in [0.05, 0.1) is 16.1 Å². The minimum absolute atomic E-state index is 0.0913. The number of thiocarbonyl (C=S) groups is 1. The van der Waals surface area contributed by atoms with Crippen LogP contribution in [0.1, 0.15) is 5.56 Å². The molecule has 0 heterocycles. The van der Waals surface area contributed by atoms with Crippen LogP contribution in [0.3, 0.4) is 0 Å². The molecule has 0 spiro atoms. The van der Waals surface area contributed by atoms with Crippen molar-refractivity contribution in [2.24, 2.45) is 5.10 Å². The number of halogens is 2. The van der Waals surface area contributed by atoms with Crippen molar-refractivity contribution in [1.29, 1.82) is 0 Å². The molecule has 0 bridgehead atoms. The van der Waals surface area contributed by atoms with E-state index in [0.717, 1.165) is 0 Å². The fourth-order valence-electron chi connectivity index (χ4n) is 1.71. The standard InChI is InChI=1S/C14H11Cl2N3O4S2/c15-9-5-8(13(20)12(16)6-9)7-17-19-14(24)18-10-1-3-11(4-2-10)25(21,22)23/h1-7,20H,(H2,18,19,24)(H,21,22,23)/b17-7+. The van der Waals surface area contributed by atoms with Crippen LogP contribution in [0.5, 0.6) is 5.75 Å². The molecule has 0 saturated carbocycles. The zero-order valence-corrected chi connectivity index (χ0v) is 15.4. The van der Waals surface area contributed by atoms with Crippen molar-refractivity contribution in [2.45, 2.75) is 4.90 Å². The lowest BCUT2D eigenvalue weighted by atomic mass is 10.2. The van der Waals surface area contributed by atoms with E-state index in [-0.39, 0.29) is 20.8 Å². The Morgan fingerprint density at radius 1 is 1.20 bits per heavy atom. The van der Waals surface area contributed by atoms with Crippen molar-refractivity contribution in [2.75, 3.05) is 5.32 Å². The molecule has 0 fully saturated rings. The van der Waals surface area contributed by atoms with Crippen LogP contribution in [0, 0.1) is 0 Å². The Bertz CT molecular complexity index is 932. The highest BCUT2D eigenvalue weighted by Gasteiger charge is 2.09. The van der Waals surface area contributed by atoms with Gasteiger partial charge in [0.15, 0.2) is 5.11 Å². The molecular weight excluding hydrogens is 409 g/mol. The van der Waals surface area contributed by atoms with Crippen LogP contribution in [0.15, 0.2) is 46.4 Å². The Hall–Kier alpha value is -1.91. The molecule has 4 N–H and O–H groups in total. The van der Waals surface area contributed by atoms with Gasteiger partial charge in [-0.1, -0.05) is 23.2 Å². The molecule has 0 aliphatic rings. The van der Waals surface area contributed by atoms with Gasteiger partial charge < -0.3 is 10.4 Å². The molecule has 0 aromatic heterocycles. The number of hydrogen-bond acceptors (Lipinski definition) is 5. The lowest BCUT2D eigenvalue weighted by molar-refractivity contribution is 0.474. The van der Waals surface area contributed by atoms with Crippen molar-refractivity contribution in [3.63, 3.8) is 0 Å². The predicted octanol–water partition coefficient (Wildman–Crippen LogP) is 3.27. The van der Waals surface area contributed by atoms with E-state index in [1.807, 2.05) is 0 Å². The molecule has 0 aliphatic heterocycles. The number of anilines is 1. The van der Waals surface area contributed by atoms with Crippen molar-refractivity contribution < 1.29 is 18.1 Å². The fraction of sp³-hybridized carbons (Fsp3) is 0. The van der Waals surface area contributed by atoms with Crippen molar-refractivity contribution in [3.8, 4) is 5.75 Å². The van der Waals surface area contributed by atoms with Crippen LogP contribution >= 0.6 is 35.4 Å². The number of benzene rings is 2. The number of hydrogen-bond donors (Lipinski definition) is 4. The average molecular weight is 420 g/mol. The lowest BCUT2D eigenvalue weighted by Crippen LogP contribution is -2.23. The van der Waals surface area contributed by atoms with Gasteiger partial charge in [0.2, 0.25) is 0 Å². The highest BCUT2D eigenvalue weighted by atomic mass is 35.5. The monoisotopic (exact) mass is 419 g/mol. The summed E-state index contributed by atoms with van der Waals surface area (Å²) in [6.07, 6.45) is 1.28. The Kier molecular flexibility index (Phi) is 6.20. The van der Waals surface area contributed by atoms with E-state index in [1.54, 1.807) is 0 Å². The molecule has 2 rings (SSSR count). The predicted molar refractivity (Wildman–Crippen MR) is 101 cm³/mol. The molecule has 2 aromatic carbocycles. The van der Waals surface area contributed by atoms with E-state index < -0.39 is 10.1 Å². The maximum atomic E-state index is 11.0. The zero-order chi connectivity index (χ0) is 18.6. The summed E-state index contributed by atoms with van der Waals surface area (Å²) < 4.78 is 30.8. The largest absolute Gasteiger partial charge is 0.506 e. The van der Waals surface area contributed by atoms with Crippen LogP contribution in [0.4, 0.5) is 5.69 Å². The van der Waals surface area contributed by atoms with Crippen molar-refractivity contribution in [3.05, 3.63) is 52.0 Å². The first-order valence-corrected chi connectivity index (χ1v) is 9.13. The molecule has 0 amide bonds. The topological polar surface area (TPSA) is 111 Å². The molecule has 2 aromatic rings. The number of aromatic hydroxyl groups is 1. The van der Waals surface area contributed by atoms with Crippen LogP contribution in [-0.4, -0.2) is 29.4 Å². The second-order valence-electron chi connectivity index (χ2n) is 4.65. The number of hydrazone groups is 1. The summed E-state index contributed by atoms with van der Waals surface area (Å²) in [6.45, 7) is 0. The summed E-state index contributed by atoms with van der Waals surface area (Å²) >= 11 is 16.7. The van der Waals surface area contributed by atoms with E-state index in [0.29, 0.717) is 16.3 Å². The third-order valence-corrected chi connectivity index (χ3v) is 4.41. The quantitative estimate of drug-likeness (QED) is 0.260. The van der Waals surface area contributed by atoms with Gasteiger partial charge in [0.25, 0.3) is 10.1 Å². The van der Waals surface area contributed by atoms with Gasteiger partial charge in [-0.3, -0.25) is 9.98 Å². The van der Waals surface area contributed by atoms with Crippen LogP contribution in [-0.2, 0) is 10.1 Å². The number of phenolic OH excluding ortho intramolecular Hbond substituents is 1. The summed E-state index contributed by atoms with van der Waals surface area (Å²) in [5.74, 6) is -0.170. The van der Waals surface area contributed by atoms with E-state index in [4.69, 9.17) is 40.0 Å². The van der Waals surface area contributed by atoms with E-state index in [2.05, 4.69) is 15.8 Å². The molecule has 0 atom stereocenters. The van der Waals surface area contributed by atoms with Gasteiger partial charge in [-0.2, -0.15) is 13.5 Å². The third kappa shape index (κ3) is 5.55. The number of rotatable bonds is 4. The average Bonchev–Trinajstić information content (AvgIpc) is 2.51. The summed E-state index contributed by atoms with van der Waals surface area (Å²) in [5.41, 5.74) is 3.29. The van der Waals surface area contributed by atoms with Crippen LogP contribution in [0.2, 0.25) is 10.0 Å². The van der Waals surface area contributed by atoms with Gasteiger partial charge >= 0.3 is 0 Å². The molecule has 7 nitrogen and oxygen atoms in total. The van der Waals surface area contributed by atoms with Gasteiger partial charge in [0, 0.05) is 16.3 Å². The molecule has 25 heavy (non-hydrogen) atoms. The first-order valence-electron chi connectivity index (χ1n) is 6.52. The highest BCUT2D eigenvalue weighted by molar-refractivity contribution is 7.85. The molecule has 11 heteroatoms. The first kappa shape index (κ1) is 19.4. The SMILES string of the molecule is O=S(=O)(O)c1ccc(NC(=S)N/N=C/c2cc(Cl)cc(Cl)c2O)cc1. The molecular formula is C14H11Cl2N3O4S2. The minimum Gasteiger partial charge on any atom is -0.506 e. The Balaban J connectivity index is 1.99. The van der Waals surface area contributed by atoms with E-state index in [1.165, 1.54) is 42.6 Å². The number of phenols is 1. The molecule has 0 saturated heterocycles. The summed E-state index contributed by atoms with van der Waals surface area (Å²) in [6, 6.07) is 8.14. The summed E-state index contributed by atoms with van der Waals surface area (Å²) in [5, 5.41) is 16.9. The van der Waals surface area contributed by atoms with Gasteiger partial charge in [-0.05, 0) is 48.6 Å². The van der Waals surface area contributed by atoms with Crippen LogP contribution in [0.25, 0.3) is 0 Å². The van der Waals surface area contributed by atoms with E-state index in [9.17, 15) is 13.5 Å². The van der Waals surface area contributed by atoms with Crippen molar-refractivity contribution >= 4 is 62.6 Å². The van der Waals surface area contributed by atoms with Crippen LogP contribution < -0.4 is 10.7 Å². The molecule has 0 unspecified atom stereocenters. The molecule has 0 aliphatic carbocycles. The number of nitrogens with one attached hydrogen (secondary N) is 2. The Labute approximate surface area is 159 Å². The van der Waals surface area contributed by atoms with Crippen molar-refractivity contribution in [1.82, 2.24) is 5.43 Å². The van der Waals surface area contributed by atoms with Gasteiger partial charge in [0.1, 0.15) is 5.75 Å². The zero-order valence-electron chi connectivity index (χ0n) is 12.3. The van der Waals surface area contributed by atoms with Gasteiger partial charge in [-0.15, -0.1) is 0 Å². The summed E-state index contributed by atoms with van der Waals surface area (Å²) in [7, 11) is -4.25. The molecule has 132 valence electrons. The second kappa shape index (κ2) is 7.98. The number of nitrogens with zero attached hydrogens (tertiary/aromatic N) is 1. The highest BCUT2D eigenvalue weighted by Crippen LogP contribution is 2.29. The summed E-state index contributed by atoms with van der Waals surface area (Å²) in [4.78, 5) is -0.233. The Morgan fingerprint density at radius 2 is 1.84 bits per heavy atom. The van der Waals surface area contributed by atoms with E-state index >= 15 is 0 Å². The van der Waals surface area contributed by atoms with Gasteiger partial charge in [-0.25, -0.2) is 0 Å². The minimum atomic E-state index is -4.25. The smallest absolute Gasteiger partial charge is 0.294 e. The normalized spacial score (nSPS) is 11.5. The maximum Gasteiger partial charge on any atom is 0.294 e. The maximum absolute atomic E-state index is 11.0. The second-order valence-corrected chi connectivity index (χ2v) is 7.32. The lowest BCUT2D eigenvalue weighted by Gasteiger charge is -2.07. The first-order chi connectivity index (χ1) is 11.7. The third-order valence-electron chi connectivity index (χ3n) is 2.84. The molecule has 0 radical (unpaired) electrons. The fourth-order valence-corrected chi connectivity index (χ4v) is 2.87. The Morgan fingerprint density at radius 3 is 2.44 bits per heavy atom.